The van der Waals surface area contributed by atoms with Crippen LogP contribution in [0.3, 0.4) is 0 Å². The maximum Gasteiger partial charge on any atom is 0.338 e. The minimum absolute atomic E-state index is 0.00892. The van der Waals surface area contributed by atoms with E-state index in [0.717, 1.165) is 23.5 Å². The van der Waals surface area contributed by atoms with Gasteiger partial charge in [0.25, 0.3) is 11.6 Å². The maximum atomic E-state index is 13.0. The monoisotopic (exact) mass is 408 g/mol. The molecule has 3 rings (SSSR count). The van der Waals surface area contributed by atoms with E-state index in [2.05, 4.69) is 15.0 Å². The zero-order valence-corrected chi connectivity index (χ0v) is 16.4. The first kappa shape index (κ1) is 20.7. The van der Waals surface area contributed by atoms with E-state index in [0.29, 0.717) is 6.42 Å². The number of esters is 1. The molecule has 1 heterocycles. The van der Waals surface area contributed by atoms with Crippen LogP contribution >= 0.6 is 0 Å². The number of nitro benzene ring substituents is 1. The number of hydrogen-bond donors (Lipinski definition) is 1. The molecular weight excluding hydrogens is 388 g/mol. The van der Waals surface area contributed by atoms with Crippen molar-refractivity contribution in [1.29, 1.82) is 0 Å². The molecule has 0 aliphatic heterocycles. The normalized spacial score (nSPS) is 11.5. The van der Waals surface area contributed by atoms with Crippen LogP contribution in [0.5, 0.6) is 0 Å². The van der Waals surface area contributed by atoms with Crippen molar-refractivity contribution < 1.29 is 19.2 Å². The second-order valence-electron chi connectivity index (χ2n) is 6.61. The summed E-state index contributed by atoms with van der Waals surface area (Å²) in [7, 11) is 3.02. The molecule has 0 aliphatic carbocycles. The standard InChI is InChI=1S/C21H20N4O5/c1-24-9-8-22-19(24)13-18(14-6-4-3-5-7-14)23-20(26)15-10-16(21(27)30-2)12-17(11-15)25(28)29/h3-12,18H,13H2,1-2H3,(H,23,26)/t18-/m1/s1. The van der Waals surface area contributed by atoms with Crippen molar-refractivity contribution in [3.63, 3.8) is 0 Å². The molecule has 0 spiro atoms. The molecular formula is C21H20N4O5. The number of rotatable bonds is 7. The number of carbonyl (C=O) groups is 2. The Bertz CT molecular complexity index is 1080. The van der Waals surface area contributed by atoms with Crippen LogP contribution in [-0.2, 0) is 18.2 Å². The van der Waals surface area contributed by atoms with E-state index in [1.807, 2.05) is 48.1 Å². The van der Waals surface area contributed by atoms with Crippen LogP contribution < -0.4 is 5.32 Å². The fraction of sp³-hybridized carbons (Fsp3) is 0.190. The van der Waals surface area contributed by atoms with Gasteiger partial charge in [-0.05, 0) is 11.6 Å². The molecule has 1 N–H and O–H groups in total. The topological polar surface area (TPSA) is 116 Å². The Kier molecular flexibility index (Phi) is 6.21. The van der Waals surface area contributed by atoms with Crippen molar-refractivity contribution in [2.24, 2.45) is 7.05 Å². The fourth-order valence-corrected chi connectivity index (χ4v) is 3.04. The number of nitrogens with zero attached hydrogens (tertiary/aromatic N) is 3. The van der Waals surface area contributed by atoms with E-state index in [4.69, 9.17) is 0 Å². The Balaban J connectivity index is 1.93. The number of methoxy groups -OCH3 is 1. The molecule has 154 valence electrons. The van der Waals surface area contributed by atoms with Gasteiger partial charge in [-0.3, -0.25) is 14.9 Å². The van der Waals surface area contributed by atoms with Gasteiger partial charge in [0, 0.05) is 43.6 Å². The van der Waals surface area contributed by atoms with Crippen LogP contribution in [0, 0.1) is 10.1 Å². The number of imidazole rings is 1. The molecule has 0 fully saturated rings. The minimum Gasteiger partial charge on any atom is -0.465 e. The lowest BCUT2D eigenvalue weighted by atomic mass is 10.0. The molecule has 9 heteroatoms. The van der Waals surface area contributed by atoms with Gasteiger partial charge < -0.3 is 14.6 Å². The molecule has 1 amide bonds. The minimum atomic E-state index is -0.764. The highest BCUT2D eigenvalue weighted by Crippen LogP contribution is 2.21. The Labute approximate surface area is 172 Å². The van der Waals surface area contributed by atoms with Crippen LogP contribution in [0.2, 0.25) is 0 Å². The van der Waals surface area contributed by atoms with Gasteiger partial charge in [-0.1, -0.05) is 30.3 Å². The predicted molar refractivity (Wildman–Crippen MR) is 108 cm³/mol. The average Bonchev–Trinajstić information content (AvgIpc) is 3.17. The molecule has 0 radical (unpaired) electrons. The molecule has 3 aromatic rings. The smallest absolute Gasteiger partial charge is 0.338 e. The second kappa shape index (κ2) is 8.99. The molecule has 9 nitrogen and oxygen atoms in total. The summed E-state index contributed by atoms with van der Waals surface area (Å²) in [5, 5.41) is 14.1. The molecule has 0 bridgehead atoms. The lowest BCUT2D eigenvalue weighted by Gasteiger charge is -2.19. The Morgan fingerprint density at radius 1 is 1.20 bits per heavy atom. The number of amides is 1. The first-order valence-electron chi connectivity index (χ1n) is 9.09. The van der Waals surface area contributed by atoms with Crippen LogP contribution in [0.15, 0.2) is 60.9 Å². The Morgan fingerprint density at radius 3 is 2.50 bits per heavy atom. The summed E-state index contributed by atoms with van der Waals surface area (Å²) in [6.07, 6.45) is 3.89. The lowest BCUT2D eigenvalue weighted by molar-refractivity contribution is -0.384. The Morgan fingerprint density at radius 2 is 1.90 bits per heavy atom. The number of nitrogens with one attached hydrogen (secondary N) is 1. The zero-order valence-electron chi connectivity index (χ0n) is 16.4. The van der Waals surface area contributed by atoms with E-state index >= 15 is 0 Å². The number of aromatic nitrogens is 2. The summed E-state index contributed by atoms with van der Waals surface area (Å²) >= 11 is 0. The molecule has 2 aromatic carbocycles. The number of ether oxygens (including phenoxy) is 1. The quantitative estimate of drug-likeness (QED) is 0.365. The van der Waals surface area contributed by atoms with Gasteiger partial charge in [0.1, 0.15) is 5.82 Å². The summed E-state index contributed by atoms with van der Waals surface area (Å²) in [6.45, 7) is 0. The predicted octanol–water partition coefficient (Wildman–Crippen LogP) is 2.83. The van der Waals surface area contributed by atoms with Gasteiger partial charge in [-0.2, -0.15) is 0 Å². The summed E-state index contributed by atoms with van der Waals surface area (Å²) in [5.74, 6) is -0.550. The van der Waals surface area contributed by atoms with Crippen LogP contribution in [0.1, 0.15) is 38.1 Å². The van der Waals surface area contributed by atoms with E-state index < -0.39 is 22.8 Å². The number of non-ortho nitro benzene ring substituents is 1. The first-order chi connectivity index (χ1) is 14.4. The third-order valence-corrected chi connectivity index (χ3v) is 4.63. The maximum absolute atomic E-state index is 13.0. The number of aryl methyl sites for hydroxylation is 1. The van der Waals surface area contributed by atoms with Gasteiger partial charge in [0.15, 0.2) is 0 Å². The van der Waals surface area contributed by atoms with Crippen molar-refractivity contribution >= 4 is 17.6 Å². The van der Waals surface area contributed by atoms with Gasteiger partial charge in [-0.25, -0.2) is 9.78 Å². The fourth-order valence-electron chi connectivity index (χ4n) is 3.04. The number of nitro groups is 1. The highest BCUT2D eigenvalue weighted by molar-refractivity contribution is 5.99. The molecule has 0 unspecified atom stereocenters. The van der Waals surface area contributed by atoms with E-state index in [1.54, 1.807) is 6.20 Å². The molecule has 30 heavy (non-hydrogen) atoms. The summed E-state index contributed by atoms with van der Waals surface area (Å²) < 4.78 is 6.49. The van der Waals surface area contributed by atoms with E-state index in [-0.39, 0.29) is 16.8 Å². The SMILES string of the molecule is COC(=O)c1cc(C(=O)N[C@H](Cc2nccn2C)c2ccccc2)cc([N+](=O)[O-])c1. The zero-order chi connectivity index (χ0) is 21.7. The second-order valence-corrected chi connectivity index (χ2v) is 6.61. The molecule has 0 saturated heterocycles. The average molecular weight is 408 g/mol. The molecule has 0 aliphatic rings. The molecule has 1 atom stereocenters. The largest absolute Gasteiger partial charge is 0.465 e. The summed E-state index contributed by atoms with van der Waals surface area (Å²) in [4.78, 5) is 39.7. The van der Waals surface area contributed by atoms with Crippen molar-refractivity contribution in [2.45, 2.75) is 12.5 Å². The van der Waals surface area contributed by atoms with Gasteiger partial charge in [0.05, 0.1) is 23.6 Å². The van der Waals surface area contributed by atoms with E-state index in [1.165, 1.54) is 13.2 Å². The van der Waals surface area contributed by atoms with Crippen molar-refractivity contribution in [1.82, 2.24) is 14.9 Å². The van der Waals surface area contributed by atoms with Crippen LogP contribution in [0.4, 0.5) is 5.69 Å². The third kappa shape index (κ3) is 4.69. The first-order valence-corrected chi connectivity index (χ1v) is 9.09. The van der Waals surface area contributed by atoms with Crippen molar-refractivity contribution in [3.05, 3.63) is 93.6 Å². The van der Waals surface area contributed by atoms with Gasteiger partial charge in [0.2, 0.25) is 0 Å². The Hall–Kier alpha value is -4.01. The summed E-state index contributed by atoms with van der Waals surface area (Å²) in [6, 6.07) is 12.4. The van der Waals surface area contributed by atoms with Crippen molar-refractivity contribution in [3.8, 4) is 0 Å². The number of carbonyl (C=O) groups excluding carboxylic acids is 2. The van der Waals surface area contributed by atoms with Crippen molar-refractivity contribution in [2.75, 3.05) is 7.11 Å². The highest BCUT2D eigenvalue weighted by Gasteiger charge is 2.22. The third-order valence-electron chi connectivity index (χ3n) is 4.63. The number of hydrogen-bond acceptors (Lipinski definition) is 6. The van der Waals surface area contributed by atoms with Gasteiger partial charge in [-0.15, -0.1) is 0 Å². The van der Waals surface area contributed by atoms with E-state index in [9.17, 15) is 19.7 Å². The highest BCUT2D eigenvalue weighted by atomic mass is 16.6. The molecule has 0 saturated carbocycles. The number of benzene rings is 2. The summed E-state index contributed by atoms with van der Waals surface area (Å²) in [5.41, 5.74) is 0.401. The van der Waals surface area contributed by atoms with Gasteiger partial charge >= 0.3 is 5.97 Å². The lowest BCUT2D eigenvalue weighted by Crippen LogP contribution is -2.31. The molecule has 1 aromatic heterocycles. The van der Waals surface area contributed by atoms with Crippen LogP contribution in [-0.4, -0.2) is 33.5 Å². The van der Waals surface area contributed by atoms with Crippen LogP contribution in [0.25, 0.3) is 0 Å².